The maximum atomic E-state index is 8.84. The van der Waals surface area contributed by atoms with Gasteiger partial charge in [0.1, 0.15) is 5.75 Å². The molecule has 0 aromatic heterocycles. The van der Waals surface area contributed by atoms with E-state index in [2.05, 4.69) is 43.2 Å². The molecule has 96 valence electrons. The van der Waals surface area contributed by atoms with Crippen LogP contribution in [0.25, 0.3) is 0 Å². The van der Waals surface area contributed by atoms with E-state index in [1.54, 1.807) is 19.2 Å². The normalized spacial score (nSPS) is 9.79. The fraction of sp³-hybridized carbons (Fsp3) is 0.0714. The summed E-state index contributed by atoms with van der Waals surface area (Å²) in [7, 11) is 1.63. The number of nitrogens with one attached hydrogen (secondary N) is 1. The molecule has 19 heavy (non-hydrogen) atoms. The zero-order valence-corrected chi connectivity index (χ0v) is 13.2. The van der Waals surface area contributed by atoms with Crippen molar-refractivity contribution in [1.82, 2.24) is 0 Å². The van der Waals surface area contributed by atoms with Gasteiger partial charge in [-0.15, -0.1) is 0 Å². The molecule has 0 radical (unpaired) electrons. The SMILES string of the molecule is COc1ccc(Br)c(Nc2ccc(C#N)cc2Br)c1. The molecule has 0 heterocycles. The van der Waals surface area contributed by atoms with Crippen molar-refractivity contribution in [3.8, 4) is 11.8 Å². The molecule has 0 saturated carbocycles. The molecule has 0 atom stereocenters. The quantitative estimate of drug-likeness (QED) is 0.827. The standard InChI is InChI=1S/C14H10Br2N2O/c1-19-10-3-4-11(15)14(7-10)18-13-5-2-9(8-17)6-12(13)16/h2-7,18H,1H3. The Hall–Kier alpha value is -1.51. The fourth-order valence-corrected chi connectivity index (χ4v) is 2.38. The summed E-state index contributed by atoms with van der Waals surface area (Å²) in [4.78, 5) is 0. The molecular formula is C14H10Br2N2O. The molecular weight excluding hydrogens is 372 g/mol. The minimum atomic E-state index is 0.613. The maximum Gasteiger partial charge on any atom is 0.121 e. The highest BCUT2D eigenvalue weighted by molar-refractivity contribution is 9.11. The molecule has 2 aromatic carbocycles. The molecule has 0 saturated heterocycles. The molecule has 3 nitrogen and oxygen atoms in total. The van der Waals surface area contributed by atoms with Gasteiger partial charge in [0.25, 0.3) is 0 Å². The molecule has 0 aliphatic rings. The molecule has 0 aliphatic heterocycles. The molecule has 2 rings (SSSR count). The van der Waals surface area contributed by atoms with Crippen LogP contribution in [-0.4, -0.2) is 7.11 Å². The van der Waals surface area contributed by atoms with Gasteiger partial charge in [-0.25, -0.2) is 0 Å². The van der Waals surface area contributed by atoms with Crippen molar-refractivity contribution in [1.29, 1.82) is 5.26 Å². The third-order valence-corrected chi connectivity index (χ3v) is 3.89. The Bertz CT molecular complexity index is 650. The van der Waals surface area contributed by atoms with Gasteiger partial charge < -0.3 is 10.1 Å². The summed E-state index contributed by atoms with van der Waals surface area (Å²) in [5, 5.41) is 12.1. The Labute approximate surface area is 128 Å². The molecule has 0 amide bonds. The molecule has 0 bridgehead atoms. The number of methoxy groups -OCH3 is 1. The lowest BCUT2D eigenvalue weighted by molar-refractivity contribution is 0.415. The molecule has 1 N–H and O–H groups in total. The first-order valence-electron chi connectivity index (χ1n) is 5.44. The smallest absolute Gasteiger partial charge is 0.121 e. The zero-order chi connectivity index (χ0) is 13.8. The van der Waals surface area contributed by atoms with Crippen LogP contribution < -0.4 is 10.1 Å². The van der Waals surface area contributed by atoms with Crippen LogP contribution >= 0.6 is 31.9 Å². The van der Waals surface area contributed by atoms with Crippen LogP contribution in [0.1, 0.15) is 5.56 Å². The predicted molar refractivity (Wildman–Crippen MR) is 82.8 cm³/mol. The Balaban J connectivity index is 2.33. The number of benzene rings is 2. The van der Waals surface area contributed by atoms with Crippen LogP contribution in [0.3, 0.4) is 0 Å². The second kappa shape index (κ2) is 6.09. The summed E-state index contributed by atoms with van der Waals surface area (Å²) >= 11 is 6.93. The highest BCUT2D eigenvalue weighted by atomic mass is 79.9. The van der Waals surface area contributed by atoms with E-state index < -0.39 is 0 Å². The number of rotatable bonds is 3. The lowest BCUT2D eigenvalue weighted by Gasteiger charge is -2.12. The van der Waals surface area contributed by atoms with Crippen LogP contribution in [0.15, 0.2) is 45.3 Å². The van der Waals surface area contributed by atoms with E-state index >= 15 is 0 Å². The number of halogens is 2. The van der Waals surface area contributed by atoms with E-state index in [1.807, 2.05) is 24.3 Å². The van der Waals surface area contributed by atoms with Crippen molar-refractivity contribution in [3.05, 3.63) is 50.9 Å². The summed E-state index contributed by atoms with van der Waals surface area (Å²) < 4.78 is 6.97. The summed E-state index contributed by atoms with van der Waals surface area (Å²) in [5.41, 5.74) is 2.39. The Morgan fingerprint density at radius 1 is 1.05 bits per heavy atom. The number of hydrogen-bond donors (Lipinski definition) is 1. The lowest BCUT2D eigenvalue weighted by Crippen LogP contribution is -1.94. The van der Waals surface area contributed by atoms with Crippen molar-refractivity contribution in [2.45, 2.75) is 0 Å². The molecule has 0 unspecified atom stereocenters. The van der Waals surface area contributed by atoms with Gasteiger partial charge >= 0.3 is 0 Å². The third-order valence-electron chi connectivity index (χ3n) is 2.54. The van der Waals surface area contributed by atoms with Crippen LogP contribution in [0.2, 0.25) is 0 Å². The summed E-state index contributed by atoms with van der Waals surface area (Å²) in [6.07, 6.45) is 0. The molecule has 5 heteroatoms. The van der Waals surface area contributed by atoms with E-state index in [9.17, 15) is 0 Å². The largest absolute Gasteiger partial charge is 0.497 e. The number of ether oxygens (including phenoxy) is 1. The average Bonchev–Trinajstić information content (AvgIpc) is 2.43. The number of nitriles is 1. The predicted octanol–water partition coefficient (Wildman–Crippen LogP) is 4.84. The minimum absolute atomic E-state index is 0.613. The van der Waals surface area contributed by atoms with Crippen molar-refractivity contribution in [2.24, 2.45) is 0 Å². The zero-order valence-electron chi connectivity index (χ0n) is 10.1. The topological polar surface area (TPSA) is 45.0 Å². The van der Waals surface area contributed by atoms with E-state index in [-0.39, 0.29) is 0 Å². The Kier molecular flexibility index (Phi) is 4.46. The van der Waals surface area contributed by atoms with Gasteiger partial charge in [0, 0.05) is 15.0 Å². The van der Waals surface area contributed by atoms with E-state index in [0.717, 1.165) is 26.1 Å². The first-order chi connectivity index (χ1) is 9.13. The maximum absolute atomic E-state index is 8.84. The molecule has 0 spiro atoms. The van der Waals surface area contributed by atoms with Gasteiger partial charge in [0.05, 0.1) is 30.1 Å². The second-order valence-corrected chi connectivity index (χ2v) is 5.49. The molecule has 0 fully saturated rings. The van der Waals surface area contributed by atoms with Gasteiger partial charge in [0.2, 0.25) is 0 Å². The average molecular weight is 382 g/mol. The van der Waals surface area contributed by atoms with Crippen LogP contribution in [0.4, 0.5) is 11.4 Å². The van der Waals surface area contributed by atoms with Crippen LogP contribution in [0, 0.1) is 11.3 Å². The van der Waals surface area contributed by atoms with Crippen LogP contribution in [0.5, 0.6) is 5.75 Å². The number of anilines is 2. The first-order valence-corrected chi connectivity index (χ1v) is 7.03. The summed E-state index contributed by atoms with van der Waals surface area (Å²) in [6, 6.07) is 13.2. The Morgan fingerprint density at radius 2 is 1.84 bits per heavy atom. The van der Waals surface area contributed by atoms with E-state index in [4.69, 9.17) is 10.00 Å². The van der Waals surface area contributed by atoms with E-state index in [0.29, 0.717) is 5.56 Å². The second-order valence-electron chi connectivity index (χ2n) is 3.78. The molecule has 2 aromatic rings. The fourth-order valence-electron chi connectivity index (χ4n) is 1.56. The van der Waals surface area contributed by atoms with Gasteiger partial charge in [-0.3, -0.25) is 0 Å². The highest BCUT2D eigenvalue weighted by Crippen LogP contribution is 2.32. The van der Waals surface area contributed by atoms with E-state index in [1.165, 1.54) is 0 Å². The Morgan fingerprint density at radius 3 is 2.47 bits per heavy atom. The number of nitrogens with zero attached hydrogens (tertiary/aromatic N) is 1. The number of hydrogen-bond acceptors (Lipinski definition) is 3. The van der Waals surface area contributed by atoms with Gasteiger partial charge in [-0.2, -0.15) is 5.26 Å². The van der Waals surface area contributed by atoms with Crippen LogP contribution in [-0.2, 0) is 0 Å². The summed E-state index contributed by atoms with van der Waals surface area (Å²) in [6.45, 7) is 0. The third kappa shape index (κ3) is 3.28. The highest BCUT2D eigenvalue weighted by Gasteiger charge is 2.06. The lowest BCUT2D eigenvalue weighted by atomic mass is 10.2. The minimum Gasteiger partial charge on any atom is -0.497 e. The van der Waals surface area contributed by atoms with Crippen molar-refractivity contribution < 1.29 is 4.74 Å². The van der Waals surface area contributed by atoms with Crippen molar-refractivity contribution in [3.63, 3.8) is 0 Å². The molecule has 0 aliphatic carbocycles. The van der Waals surface area contributed by atoms with Crippen molar-refractivity contribution >= 4 is 43.2 Å². The van der Waals surface area contributed by atoms with Gasteiger partial charge in [-0.1, -0.05) is 0 Å². The van der Waals surface area contributed by atoms with Crippen molar-refractivity contribution in [2.75, 3.05) is 12.4 Å². The first kappa shape index (κ1) is 13.9. The van der Waals surface area contributed by atoms with Gasteiger partial charge in [0.15, 0.2) is 0 Å². The van der Waals surface area contributed by atoms with Gasteiger partial charge in [-0.05, 0) is 62.2 Å². The monoisotopic (exact) mass is 380 g/mol. The summed E-state index contributed by atoms with van der Waals surface area (Å²) in [5.74, 6) is 0.774.